The summed E-state index contributed by atoms with van der Waals surface area (Å²) in [5, 5.41) is 9.13. The predicted octanol–water partition coefficient (Wildman–Crippen LogP) is -0.408. The molecule has 1 atom stereocenters. The van der Waals surface area contributed by atoms with Crippen LogP contribution in [0.1, 0.15) is 5.56 Å². The first-order valence-corrected chi connectivity index (χ1v) is 7.50. The Kier molecular flexibility index (Phi) is 5.74. The molecule has 1 aromatic rings. The molecule has 1 unspecified atom stereocenters. The highest BCUT2D eigenvalue weighted by Gasteiger charge is 2.18. The largest absolute Gasteiger partial charge is 0.382 e. The zero-order valence-electron chi connectivity index (χ0n) is 10.0. The second-order valence-electron chi connectivity index (χ2n) is 3.85. The fourth-order valence-electron chi connectivity index (χ4n) is 1.32. The summed E-state index contributed by atoms with van der Waals surface area (Å²) in [6, 6.07) is 6.17. The molecule has 1 amide bonds. The van der Waals surface area contributed by atoms with Crippen LogP contribution in [0.5, 0.6) is 0 Å². The van der Waals surface area contributed by atoms with Crippen LogP contribution in [-0.2, 0) is 21.2 Å². The lowest BCUT2D eigenvalue weighted by molar-refractivity contribution is -0.125. The summed E-state index contributed by atoms with van der Waals surface area (Å²) in [7, 11) is -3.77. The molecule has 4 N–H and O–H groups in total. The van der Waals surface area contributed by atoms with Gasteiger partial charge < -0.3 is 10.8 Å². The van der Waals surface area contributed by atoms with E-state index >= 15 is 0 Å². The Morgan fingerprint density at radius 1 is 1.37 bits per heavy atom. The molecule has 1 rings (SSSR count). The van der Waals surface area contributed by atoms with Gasteiger partial charge in [-0.15, -0.1) is 11.6 Å². The molecule has 1 aromatic carbocycles. The van der Waals surface area contributed by atoms with E-state index in [0.717, 1.165) is 5.56 Å². The topological polar surface area (TPSA) is 109 Å². The molecule has 0 bridgehead atoms. The summed E-state index contributed by atoms with van der Waals surface area (Å²) in [5.74, 6) is -0.532. The highest BCUT2D eigenvalue weighted by molar-refractivity contribution is 7.89. The van der Waals surface area contributed by atoms with Crippen molar-refractivity contribution >= 4 is 27.5 Å². The third-order valence-electron chi connectivity index (χ3n) is 2.41. The normalized spacial score (nSPS) is 13.2. The summed E-state index contributed by atoms with van der Waals surface area (Å²) in [5.41, 5.74) is 5.74. The van der Waals surface area contributed by atoms with E-state index in [1.807, 2.05) is 0 Å². The zero-order valence-corrected chi connectivity index (χ0v) is 11.6. The number of amides is 1. The fourth-order valence-corrected chi connectivity index (χ4v) is 2.57. The summed E-state index contributed by atoms with van der Waals surface area (Å²) < 4.78 is 25.8. The number of carbonyl (C=O) groups excluding carboxylic acids is 1. The maximum Gasteiger partial charge on any atom is 0.247 e. The minimum absolute atomic E-state index is 0.0440. The van der Waals surface area contributed by atoms with Crippen molar-refractivity contribution in [3.05, 3.63) is 29.8 Å². The van der Waals surface area contributed by atoms with Crippen molar-refractivity contribution in [2.75, 3.05) is 12.4 Å². The predicted molar refractivity (Wildman–Crippen MR) is 71.3 cm³/mol. The molecule has 0 saturated carbocycles. The number of nitrogens with two attached hydrogens (primary N) is 1. The van der Waals surface area contributed by atoms with Crippen LogP contribution in [0.15, 0.2) is 29.2 Å². The van der Waals surface area contributed by atoms with Gasteiger partial charge in [-0.25, -0.2) is 13.1 Å². The number of sulfonamides is 1. The van der Waals surface area contributed by atoms with Crippen LogP contribution in [0.4, 0.5) is 0 Å². The standard InChI is InChI=1S/C11H15ClN2O4S/c12-6-5-8-1-3-9(4-2-8)19(17,18)14-7-10(15)11(13)16/h1-4,10,14-15H,5-7H2,(H2,13,16). The minimum Gasteiger partial charge on any atom is -0.382 e. The summed E-state index contributed by atoms with van der Waals surface area (Å²) >= 11 is 5.58. The number of aliphatic hydroxyl groups excluding tert-OH is 1. The van der Waals surface area contributed by atoms with E-state index in [9.17, 15) is 13.2 Å². The van der Waals surface area contributed by atoms with Gasteiger partial charge in [0.1, 0.15) is 6.10 Å². The second kappa shape index (κ2) is 6.85. The lowest BCUT2D eigenvalue weighted by atomic mass is 10.2. The number of benzene rings is 1. The Bertz CT molecular complexity index is 530. The number of rotatable bonds is 7. The van der Waals surface area contributed by atoms with Crippen LogP contribution in [0.2, 0.25) is 0 Å². The van der Waals surface area contributed by atoms with E-state index in [-0.39, 0.29) is 4.90 Å². The molecule has 106 valence electrons. The molecule has 6 nitrogen and oxygen atoms in total. The van der Waals surface area contributed by atoms with Crippen molar-refractivity contribution in [2.24, 2.45) is 5.73 Å². The summed E-state index contributed by atoms with van der Waals surface area (Å²) in [6.45, 7) is -0.457. The Balaban J connectivity index is 2.74. The number of carbonyl (C=O) groups is 1. The van der Waals surface area contributed by atoms with Crippen LogP contribution in [0, 0.1) is 0 Å². The average molecular weight is 307 g/mol. The Hall–Kier alpha value is -1.15. The van der Waals surface area contributed by atoms with E-state index in [0.29, 0.717) is 12.3 Å². The van der Waals surface area contributed by atoms with Crippen LogP contribution < -0.4 is 10.5 Å². The molecule has 0 spiro atoms. The van der Waals surface area contributed by atoms with Gasteiger partial charge in [-0.3, -0.25) is 4.79 Å². The second-order valence-corrected chi connectivity index (χ2v) is 6.00. The van der Waals surface area contributed by atoms with Crippen molar-refractivity contribution in [3.63, 3.8) is 0 Å². The van der Waals surface area contributed by atoms with Gasteiger partial charge in [0.05, 0.1) is 4.90 Å². The highest BCUT2D eigenvalue weighted by Crippen LogP contribution is 2.11. The number of hydrogen-bond donors (Lipinski definition) is 3. The number of aliphatic hydroxyl groups is 1. The number of aryl methyl sites for hydroxylation is 1. The molecule has 0 fully saturated rings. The molecule has 0 heterocycles. The average Bonchev–Trinajstić information content (AvgIpc) is 2.37. The van der Waals surface area contributed by atoms with E-state index in [1.54, 1.807) is 12.1 Å². The molecule has 19 heavy (non-hydrogen) atoms. The molecule has 0 aliphatic heterocycles. The maximum atomic E-state index is 11.8. The van der Waals surface area contributed by atoms with Gasteiger partial charge in [-0.2, -0.15) is 0 Å². The SMILES string of the molecule is NC(=O)C(O)CNS(=O)(=O)c1ccc(CCCl)cc1. The van der Waals surface area contributed by atoms with Crippen LogP contribution in [-0.4, -0.2) is 38.0 Å². The minimum atomic E-state index is -3.77. The van der Waals surface area contributed by atoms with Gasteiger partial charge in [0.15, 0.2) is 0 Å². The van der Waals surface area contributed by atoms with Gasteiger partial charge in [0.2, 0.25) is 15.9 Å². The van der Waals surface area contributed by atoms with Gasteiger partial charge in [-0.1, -0.05) is 12.1 Å². The first-order valence-electron chi connectivity index (χ1n) is 5.49. The molecule has 0 radical (unpaired) electrons. The zero-order chi connectivity index (χ0) is 14.5. The Labute approximate surface area is 116 Å². The molecular weight excluding hydrogens is 292 g/mol. The molecule has 0 aliphatic rings. The lowest BCUT2D eigenvalue weighted by Gasteiger charge is -2.09. The van der Waals surface area contributed by atoms with Crippen molar-refractivity contribution < 1.29 is 18.3 Å². The van der Waals surface area contributed by atoms with Gasteiger partial charge in [0, 0.05) is 12.4 Å². The third kappa shape index (κ3) is 4.79. The summed E-state index contributed by atoms with van der Waals surface area (Å²) in [6.07, 6.45) is -0.902. The smallest absolute Gasteiger partial charge is 0.247 e. The van der Waals surface area contributed by atoms with E-state index in [1.165, 1.54) is 12.1 Å². The van der Waals surface area contributed by atoms with E-state index in [4.69, 9.17) is 22.4 Å². The molecule has 0 aromatic heterocycles. The van der Waals surface area contributed by atoms with Gasteiger partial charge in [0.25, 0.3) is 0 Å². The van der Waals surface area contributed by atoms with Crippen LogP contribution in [0.3, 0.4) is 0 Å². The third-order valence-corrected chi connectivity index (χ3v) is 4.04. The van der Waals surface area contributed by atoms with Gasteiger partial charge in [-0.05, 0) is 24.1 Å². The van der Waals surface area contributed by atoms with Crippen molar-refractivity contribution in [3.8, 4) is 0 Å². The molecule has 8 heteroatoms. The number of halogens is 1. The van der Waals surface area contributed by atoms with Crippen LogP contribution >= 0.6 is 11.6 Å². The van der Waals surface area contributed by atoms with Crippen LogP contribution in [0.25, 0.3) is 0 Å². The van der Waals surface area contributed by atoms with Crippen molar-refractivity contribution in [1.82, 2.24) is 4.72 Å². The van der Waals surface area contributed by atoms with Crippen molar-refractivity contribution in [2.45, 2.75) is 17.4 Å². The number of primary amides is 1. The molecule has 0 aliphatic carbocycles. The van der Waals surface area contributed by atoms with Crippen molar-refractivity contribution in [1.29, 1.82) is 0 Å². The Morgan fingerprint density at radius 3 is 2.42 bits per heavy atom. The highest BCUT2D eigenvalue weighted by atomic mass is 35.5. The first-order chi connectivity index (χ1) is 8.86. The molecular formula is C11H15ClN2O4S. The van der Waals surface area contributed by atoms with E-state index in [2.05, 4.69) is 4.72 Å². The quantitative estimate of drug-likeness (QED) is 0.595. The van der Waals surface area contributed by atoms with E-state index < -0.39 is 28.6 Å². The first kappa shape index (κ1) is 15.9. The molecule has 0 saturated heterocycles. The monoisotopic (exact) mass is 306 g/mol. The Morgan fingerprint density at radius 2 is 1.95 bits per heavy atom. The maximum absolute atomic E-state index is 11.8. The van der Waals surface area contributed by atoms with Gasteiger partial charge >= 0.3 is 0 Å². The lowest BCUT2D eigenvalue weighted by Crippen LogP contribution is -2.39. The number of alkyl halides is 1. The number of hydrogen-bond acceptors (Lipinski definition) is 4. The summed E-state index contributed by atoms with van der Waals surface area (Å²) in [4.78, 5) is 10.6. The fraction of sp³-hybridized carbons (Fsp3) is 0.364. The number of nitrogens with one attached hydrogen (secondary N) is 1.